The number of alkyl halides is 4. The lowest BCUT2D eigenvalue weighted by Gasteiger charge is -2.18. The molecule has 1 aromatic rings. The van der Waals surface area contributed by atoms with Crippen LogP contribution in [-0.2, 0) is 4.58 Å². The molecule has 0 nitrogen and oxygen atoms in total. The topological polar surface area (TPSA) is 0 Å². The molecule has 0 aliphatic rings. The number of rotatable bonds is 2. The number of halogens is 4. The molecule has 0 spiro atoms. The molecule has 1 rings (SSSR count). The van der Waals surface area contributed by atoms with E-state index in [1.54, 1.807) is 18.2 Å². The van der Waals surface area contributed by atoms with Gasteiger partial charge in [0.2, 0.25) is 9.66 Å². The van der Waals surface area contributed by atoms with Crippen LogP contribution in [0.25, 0.3) is 0 Å². The van der Waals surface area contributed by atoms with Crippen molar-refractivity contribution in [1.29, 1.82) is 0 Å². The van der Waals surface area contributed by atoms with Crippen molar-refractivity contribution in [1.82, 2.24) is 0 Å². The maximum atomic E-state index is 13.4. The molecule has 0 radical (unpaired) electrons. The van der Waals surface area contributed by atoms with Gasteiger partial charge in [-0.25, -0.2) is 8.78 Å². The van der Waals surface area contributed by atoms with Crippen LogP contribution in [0.4, 0.5) is 8.78 Å². The molecule has 0 heterocycles. The molecule has 0 aromatic heterocycles. The van der Waals surface area contributed by atoms with E-state index in [1.165, 1.54) is 12.1 Å². The first kappa shape index (κ1) is 10.1. The largest absolute Gasteiger partial charge is 0.230 e. The third kappa shape index (κ3) is 2.04. The van der Waals surface area contributed by atoms with Gasteiger partial charge >= 0.3 is 0 Å². The zero-order valence-corrected chi connectivity index (χ0v) is 9.15. The first-order valence-electron chi connectivity index (χ1n) is 3.26. The molecule has 2 unspecified atom stereocenters. The zero-order valence-electron chi connectivity index (χ0n) is 5.98. The Morgan fingerprint density at radius 2 is 1.75 bits per heavy atom. The van der Waals surface area contributed by atoms with Gasteiger partial charge in [-0.2, -0.15) is 0 Å². The highest BCUT2D eigenvalue weighted by Crippen LogP contribution is 2.40. The molecule has 2 atom stereocenters. The van der Waals surface area contributed by atoms with Crippen molar-refractivity contribution in [2.45, 2.75) is 9.66 Å². The number of hydrogen-bond acceptors (Lipinski definition) is 0. The Morgan fingerprint density at radius 3 is 2.17 bits per heavy atom. The molecule has 12 heavy (non-hydrogen) atoms. The van der Waals surface area contributed by atoms with Gasteiger partial charge in [0.1, 0.15) is 0 Å². The molecule has 0 aliphatic carbocycles. The van der Waals surface area contributed by atoms with Crippen LogP contribution in [-0.4, -0.2) is 5.08 Å². The summed E-state index contributed by atoms with van der Waals surface area (Å²) in [4.78, 5) is 0. The Labute approximate surface area is 86.2 Å². The van der Waals surface area contributed by atoms with Gasteiger partial charge in [0.05, 0.1) is 0 Å². The van der Waals surface area contributed by atoms with Crippen LogP contribution in [0.2, 0.25) is 0 Å². The normalized spacial score (nSPS) is 18.3. The Balaban J connectivity index is 2.98. The number of benzene rings is 1. The molecule has 0 saturated carbocycles. The van der Waals surface area contributed by atoms with Crippen molar-refractivity contribution >= 4 is 31.9 Å². The van der Waals surface area contributed by atoms with Crippen LogP contribution in [0.5, 0.6) is 0 Å². The predicted molar refractivity (Wildman–Crippen MR) is 52.0 cm³/mol. The molecular weight excluding hydrogens is 294 g/mol. The van der Waals surface area contributed by atoms with Crippen molar-refractivity contribution in [2.75, 3.05) is 0 Å². The molecule has 0 bridgehead atoms. The first-order chi connectivity index (χ1) is 5.55. The lowest BCUT2D eigenvalue weighted by molar-refractivity contribution is 0.214. The third-order valence-electron chi connectivity index (χ3n) is 1.43. The smallest absolute Gasteiger partial charge is 0.230 e. The highest BCUT2D eigenvalue weighted by Gasteiger charge is 2.36. The molecule has 66 valence electrons. The van der Waals surface area contributed by atoms with Crippen molar-refractivity contribution in [2.24, 2.45) is 0 Å². The van der Waals surface area contributed by atoms with E-state index in [2.05, 4.69) is 31.9 Å². The molecule has 0 saturated heterocycles. The monoisotopic (exact) mass is 298 g/mol. The predicted octanol–water partition coefficient (Wildman–Crippen LogP) is 3.89. The summed E-state index contributed by atoms with van der Waals surface area (Å²) >= 11 is 5.21. The fourth-order valence-corrected chi connectivity index (χ4v) is 1.32. The minimum Gasteiger partial charge on any atom is -0.230 e. The van der Waals surface area contributed by atoms with E-state index in [4.69, 9.17) is 0 Å². The van der Waals surface area contributed by atoms with Gasteiger partial charge in [0, 0.05) is 5.56 Å². The quantitative estimate of drug-likeness (QED) is 0.727. The maximum absolute atomic E-state index is 13.4. The second kappa shape index (κ2) is 3.83. The minimum atomic E-state index is -2.14. The average Bonchev–Trinajstić information content (AvgIpc) is 2.06. The lowest BCUT2D eigenvalue weighted by atomic mass is 10.1. The fraction of sp³-hybridized carbons (Fsp3) is 0.250. The summed E-state index contributed by atoms with van der Waals surface area (Å²) in [6.07, 6.45) is 0. The van der Waals surface area contributed by atoms with E-state index >= 15 is 0 Å². The van der Waals surface area contributed by atoms with Crippen molar-refractivity contribution in [3.63, 3.8) is 0 Å². The molecule has 0 amide bonds. The summed E-state index contributed by atoms with van der Waals surface area (Å²) in [5.41, 5.74) is 0.259. The summed E-state index contributed by atoms with van der Waals surface area (Å²) in [6.45, 7) is 0. The van der Waals surface area contributed by atoms with Gasteiger partial charge in [-0.3, -0.25) is 0 Å². The van der Waals surface area contributed by atoms with Gasteiger partial charge in [-0.15, -0.1) is 0 Å². The van der Waals surface area contributed by atoms with E-state index < -0.39 is 9.66 Å². The molecular formula is C8H6Br2F2. The van der Waals surface area contributed by atoms with Crippen LogP contribution in [0.3, 0.4) is 0 Å². The molecule has 1 aromatic carbocycles. The highest BCUT2D eigenvalue weighted by atomic mass is 79.9. The van der Waals surface area contributed by atoms with Gasteiger partial charge in [0.15, 0.2) is 0 Å². The van der Waals surface area contributed by atoms with Crippen molar-refractivity contribution < 1.29 is 8.78 Å². The highest BCUT2D eigenvalue weighted by molar-refractivity contribution is 9.12. The van der Waals surface area contributed by atoms with Crippen molar-refractivity contribution in [3.8, 4) is 0 Å². The number of hydrogen-bond donors (Lipinski definition) is 0. The molecule has 0 aliphatic heterocycles. The molecule has 0 fully saturated rings. The van der Waals surface area contributed by atoms with Gasteiger partial charge in [-0.05, 0) is 31.9 Å². The third-order valence-corrected chi connectivity index (χ3v) is 3.54. The average molecular weight is 300 g/mol. The van der Waals surface area contributed by atoms with E-state index in [-0.39, 0.29) is 5.56 Å². The van der Waals surface area contributed by atoms with E-state index in [9.17, 15) is 8.78 Å². The van der Waals surface area contributed by atoms with Crippen LogP contribution in [0.15, 0.2) is 30.3 Å². The minimum absolute atomic E-state index is 0.259. The van der Waals surface area contributed by atoms with Crippen LogP contribution in [0, 0.1) is 0 Å². The zero-order chi connectivity index (χ0) is 9.19. The van der Waals surface area contributed by atoms with E-state index in [1.807, 2.05) is 0 Å². The second-order valence-corrected chi connectivity index (χ2v) is 4.25. The van der Waals surface area contributed by atoms with Crippen molar-refractivity contribution in [3.05, 3.63) is 35.9 Å². The Bertz CT molecular complexity index is 246. The SMILES string of the molecule is FC(Br)C(F)(Br)c1ccccc1. The first-order valence-corrected chi connectivity index (χ1v) is 4.97. The fourth-order valence-electron chi connectivity index (χ4n) is 0.786. The molecule has 4 heteroatoms. The summed E-state index contributed by atoms with van der Waals surface area (Å²) in [6, 6.07) is 8.08. The van der Waals surface area contributed by atoms with Crippen LogP contribution >= 0.6 is 31.9 Å². The lowest BCUT2D eigenvalue weighted by Crippen LogP contribution is -2.19. The summed E-state index contributed by atoms with van der Waals surface area (Å²) in [7, 11) is 0. The van der Waals surface area contributed by atoms with E-state index in [0.717, 1.165) is 0 Å². The summed E-state index contributed by atoms with van der Waals surface area (Å²) in [5.74, 6) is 0. The van der Waals surface area contributed by atoms with Gasteiger partial charge < -0.3 is 0 Å². The van der Waals surface area contributed by atoms with Crippen LogP contribution in [0.1, 0.15) is 5.56 Å². The Kier molecular flexibility index (Phi) is 3.23. The van der Waals surface area contributed by atoms with E-state index in [0.29, 0.717) is 0 Å². The summed E-state index contributed by atoms with van der Waals surface area (Å²) < 4.78 is 24.0. The summed E-state index contributed by atoms with van der Waals surface area (Å²) in [5, 5.41) is -1.76. The van der Waals surface area contributed by atoms with Crippen LogP contribution < -0.4 is 0 Å². The Hall–Kier alpha value is 0.0400. The maximum Gasteiger partial charge on any atom is 0.230 e. The second-order valence-electron chi connectivity index (χ2n) is 2.29. The van der Waals surface area contributed by atoms with Gasteiger partial charge in [0.25, 0.3) is 0 Å². The molecule has 0 N–H and O–H groups in total. The Morgan fingerprint density at radius 1 is 1.25 bits per heavy atom. The van der Waals surface area contributed by atoms with Gasteiger partial charge in [-0.1, -0.05) is 30.3 Å². The standard InChI is InChI=1S/C8H6Br2F2/c9-7(11)8(10,12)6-4-2-1-3-5-6/h1-5,7H.